The zero-order valence-electron chi connectivity index (χ0n) is 15.3. The van der Waals surface area contributed by atoms with Gasteiger partial charge in [-0.25, -0.2) is 4.68 Å². The molecule has 5 heteroatoms. The summed E-state index contributed by atoms with van der Waals surface area (Å²) in [6, 6.07) is 19.5. The van der Waals surface area contributed by atoms with Crippen molar-refractivity contribution in [3.8, 4) is 5.69 Å². The number of amides is 1. The number of likely N-dealkylation sites (tertiary alicyclic amines) is 1. The molecule has 1 N–H and O–H groups in total. The molecule has 1 aliphatic rings. The van der Waals surface area contributed by atoms with Crippen LogP contribution in [0.5, 0.6) is 0 Å². The van der Waals surface area contributed by atoms with Crippen molar-refractivity contribution in [1.82, 2.24) is 14.7 Å². The summed E-state index contributed by atoms with van der Waals surface area (Å²) in [5.41, 5.74) is 2.75. The third kappa shape index (κ3) is 4.09. The van der Waals surface area contributed by atoms with Crippen LogP contribution in [0, 0.1) is 0 Å². The average molecular weight is 360 g/mol. The number of aromatic nitrogens is 2. The van der Waals surface area contributed by atoms with Crippen molar-refractivity contribution in [1.29, 1.82) is 0 Å². The second kappa shape index (κ2) is 8.18. The number of hydrogen-bond acceptors (Lipinski definition) is 3. The van der Waals surface area contributed by atoms with Crippen LogP contribution in [-0.4, -0.2) is 33.7 Å². The lowest BCUT2D eigenvalue weighted by Crippen LogP contribution is -2.40. The number of nitrogens with one attached hydrogen (secondary N) is 1. The van der Waals surface area contributed by atoms with Gasteiger partial charge in [-0.1, -0.05) is 42.8 Å². The summed E-state index contributed by atoms with van der Waals surface area (Å²) in [6.07, 6.45) is 7.16. The van der Waals surface area contributed by atoms with E-state index in [2.05, 4.69) is 15.3 Å². The topological polar surface area (TPSA) is 50.2 Å². The van der Waals surface area contributed by atoms with Crippen LogP contribution in [0.15, 0.2) is 73.1 Å². The van der Waals surface area contributed by atoms with Gasteiger partial charge in [0.15, 0.2) is 0 Å². The van der Waals surface area contributed by atoms with Crippen molar-refractivity contribution in [3.63, 3.8) is 0 Å². The molecule has 0 bridgehead atoms. The van der Waals surface area contributed by atoms with E-state index in [0.717, 1.165) is 42.9 Å². The fourth-order valence-electron chi connectivity index (χ4n) is 3.70. The Morgan fingerprint density at radius 2 is 1.78 bits per heavy atom. The van der Waals surface area contributed by atoms with Gasteiger partial charge < -0.3 is 5.32 Å². The molecule has 4 rings (SSSR count). The molecule has 1 aliphatic heterocycles. The number of carbonyl (C=O) groups is 1. The molecule has 1 amide bonds. The minimum Gasteiger partial charge on any atom is -0.324 e. The predicted molar refractivity (Wildman–Crippen MR) is 107 cm³/mol. The van der Waals surface area contributed by atoms with Gasteiger partial charge in [-0.2, -0.15) is 5.10 Å². The molecule has 1 saturated heterocycles. The predicted octanol–water partition coefficient (Wildman–Crippen LogP) is 4.04. The van der Waals surface area contributed by atoms with Crippen LogP contribution in [0.1, 0.15) is 30.9 Å². The number of anilines is 1. The van der Waals surface area contributed by atoms with Gasteiger partial charge in [0, 0.05) is 18.1 Å². The third-order valence-corrected chi connectivity index (χ3v) is 5.00. The molecule has 138 valence electrons. The molecular formula is C22H24N4O. The van der Waals surface area contributed by atoms with Gasteiger partial charge in [0.1, 0.15) is 6.04 Å². The average Bonchev–Trinajstić information content (AvgIpc) is 3.25. The molecule has 5 nitrogen and oxygen atoms in total. The fraction of sp³-hybridized carbons (Fsp3) is 0.273. The Labute approximate surface area is 159 Å². The van der Waals surface area contributed by atoms with E-state index < -0.39 is 0 Å². The van der Waals surface area contributed by atoms with Crippen molar-refractivity contribution < 1.29 is 4.79 Å². The Hall–Kier alpha value is -2.92. The van der Waals surface area contributed by atoms with E-state index in [-0.39, 0.29) is 11.9 Å². The molecule has 2 aromatic carbocycles. The highest BCUT2D eigenvalue weighted by atomic mass is 16.2. The van der Waals surface area contributed by atoms with Crippen LogP contribution < -0.4 is 5.32 Å². The van der Waals surface area contributed by atoms with Crippen LogP contribution in [0.3, 0.4) is 0 Å². The third-order valence-electron chi connectivity index (χ3n) is 5.00. The molecule has 27 heavy (non-hydrogen) atoms. The van der Waals surface area contributed by atoms with Crippen molar-refractivity contribution >= 4 is 11.6 Å². The Morgan fingerprint density at radius 1 is 0.963 bits per heavy atom. The van der Waals surface area contributed by atoms with Crippen molar-refractivity contribution in [2.45, 2.75) is 25.3 Å². The largest absolute Gasteiger partial charge is 0.324 e. The maximum absolute atomic E-state index is 13.2. The quantitative estimate of drug-likeness (QED) is 0.747. The summed E-state index contributed by atoms with van der Waals surface area (Å²) in [4.78, 5) is 15.5. The zero-order chi connectivity index (χ0) is 18.5. The molecule has 0 saturated carbocycles. The summed E-state index contributed by atoms with van der Waals surface area (Å²) in [6.45, 7) is 1.92. The lowest BCUT2D eigenvalue weighted by atomic mass is 10.0. The Bertz CT molecular complexity index is 870. The second-order valence-corrected chi connectivity index (χ2v) is 6.90. The molecular weight excluding hydrogens is 336 g/mol. The fourth-order valence-corrected chi connectivity index (χ4v) is 3.70. The van der Waals surface area contributed by atoms with Gasteiger partial charge in [-0.3, -0.25) is 9.69 Å². The lowest BCUT2D eigenvalue weighted by molar-refractivity contribution is -0.122. The van der Waals surface area contributed by atoms with E-state index in [4.69, 9.17) is 0 Å². The van der Waals surface area contributed by atoms with Crippen LogP contribution in [-0.2, 0) is 4.79 Å². The zero-order valence-corrected chi connectivity index (χ0v) is 15.3. The first-order valence-corrected chi connectivity index (χ1v) is 9.51. The number of carbonyl (C=O) groups excluding carboxylic acids is 1. The Morgan fingerprint density at radius 3 is 2.52 bits per heavy atom. The maximum atomic E-state index is 13.2. The first kappa shape index (κ1) is 17.5. The van der Waals surface area contributed by atoms with E-state index in [0.29, 0.717) is 0 Å². The lowest BCUT2D eigenvalue weighted by Gasteiger charge is -2.34. The first-order valence-electron chi connectivity index (χ1n) is 9.51. The number of benzene rings is 2. The Kier molecular flexibility index (Phi) is 5.30. The number of rotatable bonds is 5. The molecule has 0 radical (unpaired) electrons. The molecule has 1 aromatic heterocycles. The van der Waals surface area contributed by atoms with Gasteiger partial charge in [-0.15, -0.1) is 0 Å². The SMILES string of the molecule is O=C(Nc1cccc(-n2cccn2)c1)C(c1ccccc1)N1CCCCC1. The highest BCUT2D eigenvalue weighted by Crippen LogP contribution is 2.26. The summed E-state index contributed by atoms with van der Waals surface area (Å²) in [5, 5.41) is 7.38. The molecule has 2 heterocycles. The van der Waals surface area contributed by atoms with Crippen LogP contribution in [0.2, 0.25) is 0 Å². The minimum atomic E-state index is -0.264. The second-order valence-electron chi connectivity index (χ2n) is 6.90. The van der Waals surface area contributed by atoms with Crippen molar-refractivity contribution in [3.05, 3.63) is 78.6 Å². The van der Waals surface area contributed by atoms with Gasteiger partial charge >= 0.3 is 0 Å². The van der Waals surface area contributed by atoms with Gasteiger partial charge in [0.25, 0.3) is 0 Å². The van der Waals surface area contributed by atoms with E-state index in [1.807, 2.05) is 66.9 Å². The molecule has 0 aliphatic carbocycles. The number of hydrogen-bond donors (Lipinski definition) is 1. The van der Waals surface area contributed by atoms with Gasteiger partial charge in [0.2, 0.25) is 5.91 Å². The molecule has 1 unspecified atom stereocenters. The maximum Gasteiger partial charge on any atom is 0.246 e. The van der Waals surface area contributed by atoms with E-state index >= 15 is 0 Å². The molecule has 3 aromatic rings. The van der Waals surface area contributed by atoms with Crippen LogP contribution in [0.4, 0.5) is 5.69 Å². The first-order chi connectivity index (χ1) is 13.3. The molecule has 0 spiro atoms. The number of nitrogens with zero attached hydrogens (tertiary/aromatic N) is 3. The smallest absolute Gasteiger partial charge is 0.246 e. The van der Waals surface area contributed by atoms with E-state index in [9.17, 15) is 4.79 Å². The summed E-state index contributed by atoms with van der Waals surface area (Å²) in [7, 11) is 0. The number of piperidine rings is 1. The highest BCUT2D eigenvalue weighted by Gasteiger charge is 2.28. The van der Waals surface area contributed by atoms with E-state index in [1.54, 1.807) is 10.9 Å². The van der Waals surface area contributed by atoms with Crippen molar-refractivity contribution in [2.75, 3.05) is 18.4 Å². The molecule has 1 fully saturated rings. The van der Waals surface area contributed by atoms with E-state index in [1.165, 1.54) is 6.42 Å². The van der Waals surface area contributed by atoms with Crippen LogP contribution in [0.25, 0.3) is 5.69 Å². The van der Waals surface area contributed by atoms with Gasteiger partial charge in [0.05, 0.1) is 5.69 Å². The summed E-state index contributed by atoms with van der Waals surface area (Å²) < 4.78 is 1.79. The standard InChI is InChI=1S/C22H24N4O/c27-22(24-19-11-7-12-20(17-19)26-16-8-13-23-26)21(18-9-3-1-4-10-18)25-14-5-2-6-15-25/h1,3-4,7-13,16-17,21H,2,5-6,14-15H2,(H,24,27). The normalized spacial score (nSPS) is 16.0. The minimum absolute atomic E-state index is 0.0146. The summed E-state index contributed by atoms with van der Waals surface area (Å²) >= 11 is 0. The van der Waals surface area contributed by atoms with Crippen molar-refractivity contribution in [2.24, 2.45) is 0 Å². The van der Waals surface area contributed by atoms with Crippen LogP contribution >= 0.6 is 0 Å². The monoisotopic (exact) mass is 360 g/mol. The highest BCUT2D eigenvalue weighted by molar-refractivity contribution is 5.95. The summed E-state index contributed by atoms with van der Waals surface area (Å²) in [5.74, 6) is 0.0146. The molecule has 1 atom stereocenters. The van der Waals surface area contributed by atoms with Gasteiger partial charge in [-0.05, 0) is 55.8 Å². The Balaban J connectivity index is 1.57.